The standard InChI is InChI=1S/C21H23Cl2N3O2/c1-14(20(27)25-19-12-16(22)11-17(23)13-19)26-9-7-15(8-10-26)21(28)24-18-5-3-2-4-6-18/h2-6,11-15H,7-10H2,1H3,(H,24,28)(H,25,27)/t14-/m0/s1. The molecule has 0 saturated carbocycles. The molecule has 1 aliphatic rings. The quantitative estimate of drug-likeness (QED) is 0.739. The zero-order valence-corrected chi connectivity index (χ0v) is 17.1. The van der Waals surface area contributed by atoms with Crippen LogP contribution in [0.3, 0.4) is 0 Å². The van der Waals surface area contributed by atoms with Crippen molar-refractivity contribution < 1.29 is 9.59 Å². The van der Waals surface area contributed by atoms with E-state index in [9.17, 15) is 9.59 Å². The van der Waals surface area contributed by atoms with Crippen LogP contribution in [0.15, 0.2) is 48.5 Å². The van der Waals surface area contributed by atoms with Gasteiger partial charge in [0.1, 0.15) is 0 Å². The van der Waals surface area contributed by atoms with Crippen LogP contribution in [0, 0.1) is 5.92 Å². The van der Waals surface area contributed by atoms with E-state index in [-0.39, 0.29) is 23.8 Å². The molecule has 0 aliphatic carbocycles. The molecule has 0 radical (unpaired) electrons. The van der Waals surface area contributed by atoms with Crippen LogP contribution in [-0.2, 0) is 9.59 Å². The molecule has 2 aromatic rings. The van der Waals surface area contributed by atoms with Gasteiger partial charge in [0.25, 0.3) is 0 Å². The highest BCUT2D eigenvalue weighted by Crippen LogP contribution is 2.24. The van der Waals surface area contributed by atoms with Gasteiger partial charge < -0.3 is 10.6 Å². The summed E-state index contributed by atoms with van der Waals surface area (Å²) in [4.78, 5) is 27.1. The van der Waals surface area contributed by atoms with Crippen molar-refractivity contribution in [1.29, 1.82) is 0 Å². The number of hydrogen-bond acceptors (Lipinski definition) is 3. The third-order valence-corrected chi connectivity index (χ3v) is 5.44. The number of nitrogens with one attached hydrogen (secondary N) is 2. The first kappa shape index (κ1) is 20.6. The van der Waals surface area contributed by atoms with Gasteiger partial charge in [-0.25, -0.2) is 0 Å². The zero-order valence-electron chi connectivity index (χ0n) is 15.6. The lowest BCUT2D eigenvalue weighted by Crippen LogP contribution is -2.47. The van der Waals surface area contributed by atoms with Crippen molar-refractivity contribution in [3.05, 3.63) is 58.6 Å². The fourth-order valence-electron chi connectivity index (χ4n) is 3.35. The van der Waals surface area contributed by atoms with Gasteiger partial charge in [0.05, 0.1) is 6.04 Å². The number of para-hydroxylation sites is 1. The van der Waals surface area contributed by atoms with Gasteiger partial charge in [-0.2, -0.15) is 0 Å². The predicted molar refractivity (Wildman–Crippen MR) is 114 cm³/mol. The van der Waals surface area contributed by atoms with Gasteiger partial charge in [-0.3, -0.25) is 14.5 Å². The highest BCUT2D eigenvalue weighted by atomic mass is 35.5. The summed E-state index contributed by atoms with van der Waals surface area (Å²) >= 11 is 12.0. The summed E-state index contributed by atoms with van der Waals surface area (Å²) in [5, 5.41) is 6.76. The molecule has 28 heavy (non-hydrogen) atoms. The van der Waals surface area contributed by atoms with E-state index in [0.29, 0.717) is 28.8 Å². The third kappa shape index (κ3) is 5.47. The second-order valence-electron chi connectivity index (χ2n) is 6.99. The maximum absolute atomic E-state index is 12.6. The Morgan fingerprint density at radius 2 is 1.57 bits per heavy atom. The molecule has 0 bridgehead atoms. The predicted octanol–water partition coefficient (Wildman–Crippen LogP) is 4.67. The van der Waals surface area contributed by atoms with E-state index in [1.165, 1.54) is 0 Å². The Morgan fingerprint density at radius 1 is 0.964 bits per heavy atom. The molecule has 7 heteroatoms. The summed E-state index contributed by atoms with van der Waals surface area (Å²) in [6.07, 6.45) is 1.44. The van der Waals surface area contributed by atoms with Gasteiger partial charge in [-0.05, 0) is 63.2 Å². The summed E-state index contributed by atoms with van der Waals surface area (Å²) in [5.74, 6) is -0.125. The zero-order chi connectivity index (χ0) is 20.1. The number of nitrogens with zero attached hydrogens (tertiary/aromatic N) is 1. The highest BCUT2D eigenvalue weighted by Gasteiger charge is 2.29. The molecule has 2 amide bonds. The monoisotopic (exact) mass is 419 g/mol. The molecule has 2 N–H and O–H groups in total. The first-order valence-electron chi connectivity index (χ1n) is 9.29. The van der Waals surface area contributed by atoms with Gasteiger partial charge in [-0.1, -0.05) is 41.4 Å². The largest absolute Gasteiger partial charge is 0.326 e. The van der Waals surface area contributed by atoms with Crippen LogP contribution < -0.4 is 10.6 Å². The van der Waals surface area contributed by atoms with Crippen molar-refractivity contribution in [2.75, 3.05) is 23.7 Å². The summed E-state index contributed by atoms with van der Waals surface area (Å²) in [6, 6.07) is 14.1. The molecule has 1 fully saturated rings. The molecule has 1 aliphatic heterocycles. The molecule has 2 aromatic carbocycles. The molecular formula is C21H23Cl2N3O2. The normalized spacial score (nSPS) is 16.4. The van der Waals surface area contributed by atoms with Gasteiger partial charge in [0.15, 0.2) is 0 Å². The molecule has 0 spiro atoms. The first-order chi connectivity index (χ1) is 13.4. The smallest absolute Gasteiger partial charge is 0.241 e. The van der Waals surface area contributed by atoms with Crippen LogP contribution in [0.5, 0.6) is 0 Å². The fraction of sp³-hybridized carbons (Fsp3) is 0.333. The molecule has 1 saturated heterocycles. The molecule has 3 rings (SSSR count). The minimum absolute atomic E-state index is 0.0384. The molecule has 148 valence electrons. The van der Waals surface area contributed by atoms with E-state index >= 15 is 0 Å². The average molecular weight is 420 g/mol. The van der Waals surface area contributed by atoms with Crippen LogP contribution in [0.1, 0.15) is 19.8 Å². The van der Waals surface area contributed by atoms with E-state index in [1.54, 1.807) is 18.2 Å². The highest BCUT2D eigenvalue weighted by molar-refractivity contribution is 6.35. The molecule has 5 nitrogen and oxygen atoms in total. The van der Waals surface area contributed by atoms with Crippen molar-refractivity contribution >= 4 is 46.4 Å². The molecule has 1 heterocycles. The van der Waals surface area contributed by atoms with E-state index in [1.807, 2.05) is 37.3 Å². The lowest BCUT2D eigenvalue weighted by Gasteiger charge is -2.34. The van der Waals surface area contributed by atoms with Gasteiger partial charge in [0.2, 0.25) is 11.8 Å². The van der Waals surface area contributed by atoms with Crippen LogP contribution in [0.4, 0.5) is 11.4 Å². The number of rotatable bonds is 5. The topological polar surface area (TPSA) is 61.4 Å². The van der Waals surface area contributed by atoms with Crippen molar-refractivity contribution in [1.82, 2.24) is 4.90 Å². The number of hydrogen-bond donors (Lipinski definition) is 2. The van der Waals surface area contributed by atoms with Crippen molar-refractivity contribution in [2.24, 2.45) is 5.92 Å². The van der Waals surface area contributed by atoms with E-state index in [2.05, 4.69) is 15.5 Å². The van der Waals surface area contributed by atoms with E-state index in [0.717, 1.165) is 18.5 Å². The minimum Gasteiger partial charge on any atom is -0.326 e. The number of halogens is 2. The SMILES string of the molecule is C[C@@H](C(=O)Nc1cc(Cl)cc(Cl)c1)N1CCC(C(=O)Nc2ccccc2)CC1. The Morgan fingerprint density at radius 3 is 2.18 bits per heavy atom. The Balaban J connectivity index is 1.50. The Kier molecular flexibility index (Phi) is 6.94. The summed E-state index contributed by atoms with van der Waals surface area (Å²) in [5.41, 5.74) is 1.38. The number of amides is 2. The van der Waals surface area contributed by atoms with Crippen LogP contribution in [-0.4, -0.2) is 35.8 Å². The van der Waals surface area contributed by atoms with Crippen molar-refractivity contribution in [3.8, 4) is 0 Å². The Bertz CT molecular complexity index is 817. The lowest BCUT2D eigenvalue weighted by atomic mass is 9.94. The summed E-state index contributed by atoms with van der Waals surface area (Å²) in [6.45, 7) is 3.25. The molecular weight excluding hydrogens is 397 g/mol. The number of carbonyl (C=O) groups excluding carboxylic acids is 2. The van der Waals surface area contributed by atoms with Gasteiger partial charge in [-0.15, -0.1) is 0 Å². The summed E-state index contributed by atoms with van der Waals surface area (Å²) in [7, 11) is 0. The van der Waals surface area contributed by atoms with Crippen LogP contribution in [0.2, 0.25) is 10.0 Å². The number of anilines is 2. The Labute approximate surface area is 175 Å². The fourth-order valence-corrected chi connectivity index (χ4v) is 3.88. The number of benzene rings is 2. The average Bonchev–Trinajstić information content (AvgIpc) is 2.67. The first-order valence-corrected chi connectivity index (χ1v) is 10.0. The maximum Gasteiger partial charge on any atom is 0.241 e. The second-order valence-corrected chi connectivity index (χ2v) is 7.86. The van der Waals surface area contributed by atoms with Crippen molar-refractivity contribution in [2.45, 2.75) is 25.8 Å². The van der Waals surface area contributed by atoms with E-state index in [4.69, 9.17) is 23.2 Å². The summed E-state index contributed by atoms with van der Waals surface area (Å²) < 4.78 is 0. The van der Waals surface area contributed by atoms with Crippen LogP contribution in [0.25, 0.3) is 0 Å². The third-order valence-electron chi connectivity index (χ3n) is 5.00. The number of likely N-dealkylation sites (tertiary alicyclic amines) is 1. The van der Waals surface area contributed by atoms with Crippen molar-refractivity contribution in [3.63, 3.8) is 0 Å². The number of piperidine rings is 1. The second kappa shape index (κ2) is 9.41. The molecule has 0 unspecified atom stereocenters. The molecule has 0 aromatic heterocycles. The molecule has 1 atom stereocenters. The lowest BCUT2D eigenvalue weighted by molar-refractivity contribution is -0.123. The maximum atomic E-state index is 12.6. The van der Waals surface area contributed by atoms with E-state index < -0.39 is 0 Å². The van der Waals surface area contributed by atoms with Gasteiger partial charge in [0, 0.05) is 27.3 Å². The number of carbonyl (C=O) groups is 2. The minimum atomic E-state index is -0.309. The van der Waals surface area contributed by atoms with Gasteiger partial charge >= 0.3 is 0 Å². The Hall–Kier alpha value is -2.08. The van der Waals surface area contributed by atoms with Crippen LogP contribution >= 0.6 is 23.2 Å².